The molecule has 2 N–H and O–H groups in total. The molecule has 0 aliphatic heterocycles. The highest BCUT2D eigenvalue weighted by atomic mass is 19.3. The van der Waals surface area contributed by atoms with E-state index in [1.807, 2.05) is 0 Å². The van der Waals surface area contributed by atoms with E-state index in [0.29, 0.717) is 5.69 Å². The minimum atomic E-state index is -3.16. The Labute approximate surface area is 95.9 Å². The number of hydrogen-bond acceptors (Lipinski definition) is 4. The van der Waals surface area contributed by atoms with Crippen molar-refractivity contribution in [3.63, 3.8) is 0 Å². The van der Waals surface area contributed by atoms with Gasteiger partial charge in [-0.15, -0.1) is 0 Å². The van der Waals surface area contributed by atoms with Crippen LogP contribution in [0.1, 0.15) is 12.1 Å². The molecule has 1 aliphatic carbocycles. The van der Waals surface area contributed by atoms with E-state index >= 15 is 0 Å². The number of halogens is 2. The molecule has 0 radical (unpaired) electrons. The van der Waals surface area contributed by atoms with Crippen molar-refractivity contribution in [1.82, 2.24) is 9.97 Å². The van der Waals surface area contributed by atoms with Crippen LogP contribution in [0.2, 0.25) is 0 Å². The van der Waals surface area contributed by atoms with Crippen LogP contribution in [0.4, 0.5) is 14.7 Å². The molecule has 1 aromatic heterocycles. The smallest absolute Gasteiger partial charge is 0.317 e. The van der Waals surface area contributed by atoms with Crippen LogP contribution in [-0.4, -0.2) is 33.5 Å². The van der Waals surface area contributed by atoms with Gasteiger partial charge in [-0.1, -0.05) is 0 Å². The quantitative estimate of drug-likeness (QED) is 0.833. The van der Waals surface area contributed by atoms with Gasteiger partial charge < -0.3 is 10.4 Å². The Balaban J connectivity index is 2.06. The fourth-order valence-electron chi connectivity index (χ4n) is 1.60. The minimum Gasteiger partial charge on any atom is -0.481 e. The van der Waals surface area contributed by atoms with E-state index in [2.05, 4.69) is 15.3 Å². The summed E-state index contributed by atoms with van der Waals surface area (Å²) >= 11 is 0. The van der Waals surface area contributed by atoms with E-state index in [-0.39, 0.29) is 12.5 Å². The fraction of sp³-hybridized carbons (Fsp3) is 0.500. The first-order chi connectivity index (χ1) is 7.87. The molecule has 0 amide bonds. The van der Waals surface area contributed by atoms with E-state index in [1.54, 1.807) is 13.0 Å². The first-order valence-corrected chi connectivity index (χ1v) is 5.02. The van der Waals surface area contributed by atoms with Gasteiger partial charge in [-0.05, 0) is 13.0 Å². The Kier molecular flexibility index (Phi) is 2.48. The summed E-state index contributed by atoms with van der Waals surface area (Å²) in [4.78, 5) is 18.6. The predicted octanol–water partition coefficient (Wildman–Crippen LogP) is 1.31. The third-order valence-electron chi connectivity index (χ3n) is 2.85. The summed E-state index contributed by atoms with van der Waals surface area (Å²) in [6.45, 7) is 1.35. The van der Waals surface area contributed by atoms with Crippen LogP contribution in [0.3, 0.4) is 0 Å². The van der Waals surface area contributed by atoms with Gasteiger partial charge in [0.2, 0.25) is 5.95 Å². The van der Waals surface area contributed by atoms with Gasteiger partial charge in [0.1, 0.15) is 0 Å². The minimum absolute atomic E-state index is 0.160. The Morgan fingerprint density at radius 3 is 2.76 bits per heavy atom. The van der Waals surface area contributed by atoms with Crippen LogP contribution in [0.25, 0.3) is 0 Å². The topological polar surface area (TPSA) is 75.1 Å². The highest BCUT2D eigenvalue weighted by Gasteiger charge is 2.76. The van der Waals surface area contributed by atoms with E-state index in [9.17, 15) is 13.6 Å². The lowest BCUT2D eigenvalue weighted by atomic mass is 10.1. The van der Waals surface area contributed by atoms with Crippen molar-refractivity contribution in [2.45, 2.75) is 19.3 Å². The van der Waals surface area contributed by atoms with E-state index in [1.165, 1.54) is 6.20 Å². The van der Waals surface area contributed by atoms with Crippen LogP contribution < -0.4 is 5.32 Å². The highest BCUT2D eigenvalue weighted by Crippen LogP contribution is 2.60. The molecule has 0 aromatic carbocycles. The SMILES string of the molecule is Cc1ccnc(NCC2(C(=O)O)CC2(F)F)n1. The van der Waals surface area contributed by atoms with Gasteiger partial charge in [0.05, 0.1) is 0 Å². The van der Waals surface area contributed by atoms with Crippen LogP contribution in [0.5, 0.6) is 0 Å². The summed E-state index contributed by atoms with van der Waals surface area (Å²) < 4.78 is 26.0. The summed E-state index contributed by atoms with van der Waals surface area (Å²) in [6, 6.07) is 1.66. The van der Waals surface area contributed by atoms with E-state index in [4.69, 9.17) is 5.11 Å². The molecule has 1 atom stereocenters. The predicted molar refractivity (Wildman–Crippen MR) is 54.9 cm³/mol. The van der Waals surface area contributed by atoms with Crippen LogP contribution in [-0.2, 0) is 4.79 Å². The largest absolute Gasteiger partial charge is 0.481 e. The number of aliphatic carboxylic acids is 1. The van der Waals surface area contributed by atoms with Gasteiger partial charge in [0.25, 0.3) is 5.92 Å². The van der Waals surface area contributed by atoms with E-state index < -0.39 is 23.7 Å². The van der Waals surface area contributed by atoms with Crippen LogP contribution >= 0.6 is 0 Å². The fourth-order valence-corrected chi connectivity index (χ4v) is 1.60. The number of carbonyl (C=O) groups is 1. The summed E-state index contributed by atoms with van der Waals surface area (Å²) in [5.41, 5.74) is -1.34. The lowest BCUT2D eigenvalue weighted by Gasteiger charge is -2.12. The van der Waals surface area contributed by atoms with Crippen LogP contribution in [0.15, 0.2) is 12.3 Å². The number of nitrogens with zero attached hydrogens (tertiary/aromatic N) is 2. The van der Waals surface area contributed by atoms with Crippen molar-refractivity contribution < 1.29 is 18.7 Å². The Morgan fingerprint density at radius 2 is 2.29 bits per heavy atom. The third kappa shape index (κ3) is 1.92. The molecule has 7 heteroatoms. The number of nitrogens with one attached hydrogen (secondary N) is 1. The second-order valence-electron chi connectivity index (χ2n) is 4.14. The molecule has 5 nitrogen and oxygen atoms in total. The zero-order valence-corrected chi connectivity index (χ0v) is 9.07. The van der Waals surface area contributed by atoms with E-state index in [0.717, 1.165) is 0 Å². The molecule has 1 heterocycles. The molecule has 0 bridgehead atoms. The number of aromatic nitrogens is 2. The maximum atomic E-state index is 13.0. The number of anilines is 1. The summed E-state index contributed by atoms with van der Waals surface area (Å²) in [7, 11) is 0. The molecule has 0 spiro atoms. The maximum absolute atomic E-state index is 13.0. The monoisotopic (exact) mass is 243 g/mol. The molecule has 1 saturated carbocycles. The molecule has 2 rings (SSSR count). The molecular formula is C10H11F2N3O2. The maximum Gasteiger partial charge on any atom is 0.317 e. The number of carboxylic acid groups (broad SMARTS) is 1. The molecule has 1 aliphatic rings. The molecule has 1 aromatic rings. The average Bonchev–Trinajstić information content (AvgIpc) is 2.80. The van der Waals surface area contributed by atoms with Crippen LogP contribution in [0, 0.1) is 12.3 Å². The van der Waals surface area contributed by atoms with Gasteiger partial charge in [-0.3, -0.25) is 4.79 Å². The van der Waals surface area contributed by atoms with Gasteiger partial charge in [0.15, 0.2) is 5.41 Å². The van der Waals surface area contributed by atoms with Crippen molar-refractivity contribution in [2.24, 2.45) is 5.41 Å². The lowest BCUT2D eigenvalue weighted by Crippen LogP contribution is -2.30. The van der Waals surface area contributed by atoms with Gasteiger partial charge in [0, 0.05) is 24.9 Å². The number of rotatable bonds is 4. The lowest BCUT2D eigenvalue weighted by molar-refractivity contribution is -0.146. The number of carboxylic acids is 1. The Hall–Kier alpha value is -1.79. The number of alkyl halides is 2. The summed E-state index contributed by atoms with van der Waals surface area (Å²) in [5.74, 6) is -4.49. The Morgan fingerprint density at radius 1 is 1.65 bits per heavy atom. The number of aryl methyl sites for hydroxylation is 1. The molecular weight excluding hydrogens is 232 g/mol. The first kappa shape index (κ1) is 11.7. The summed E-state index contributed by atoms with van der Waals surface area (Å²) in [6.07, 6.45) is 0.831. The highest BCUT2D eigenvalue weighted by molar-refractivity contribution is 5.81. The van der Waals surface area contributed by atoms with Gasteiger partial charge >= 0.3 is 5.97 Å². The van der Waals surface area contributed by atoms with Crippen molar-refractivity contribution >= 4 is 11.9 Å². The number of hydrogen-bond donors (Lipinski definition) is 2. The average molecular weight is 243 g/mol. The normalized spacial score (nSPS) is 25.4. The molecule has 0 saturated heterocycles. The van der Waals surface area contributed by atoms with Crippen molar-refractivity contribution in [3.8, 4) is 0 Å². The summed E-state index contributed by atoms with van der Waals surface area (Å²) in [5, 5.41) is 11.4. The van der Waals surface area contributed by atoms with Crippen molar-refractivity contribution in [2.75, 3.05) is 11.9 Å². The molecule has 17 heavy (non-hydrogen) atoms. The molecule has 1 unspecified atom stereocenters. The third-order valence-corrected chi connectivity index (χ3v) is 2.85. The van der Waals surface area contributed by atoms with Gasteiger partial charge in [-0.2, -0.15) is 0 Å². The second-order valence-corrected chi connectivity index (χ2v) is 4.14. The second kappa shape index (κ2) is 3.61. The molecule has 92 valence electrons. The molecule has 1 fully saturated rings. The zero-order chi connectivity index (χ0) is 12.7. The van der Waals surface area contributed by atoms with Crippen molar-refractivity contribution in [3.05, 3.63) is 18.0 Å². The zero-order valence-electron chi connectivity index (χ0n) is 9.07. The van der Waals surface area contributed by atoms with Crippen molar-refractivity contribution in [1.29, 1.82) is 0 Å². The first-order valence-electron chi connectivity index (χ1n) is 5.02. The van der Waals surface area contributed by atoms with Gasteiger partial charge in [-0.25, -0.2) is 18.7 Å². The Bertz CT molecular complexity index is 467. The standard InChI is InChI=1S/C10H11F2N3O2/c1-6-2-3-13-8(15-6)14-5-9(7(16)17)4-10(9,11)12/h2-3H,4-5H2,1H3,(H,16,17)(H,13,14,15).